The molecular weight excluding hydrogens is 414 g/mol. The van der Waals surface area contributed by atoms with Gasteiger partial charge in [0.1, 0.15) is 0 Å². The summed E-state index contributed by atoms with van der Waals surface area (Å²) < 4.78 is 0. The Morgan fingerprint density at radius 3 is 2.30 bits per heavy atom. The van der Waals surface area contributed by atoms with Crippen molar-refractivity contribution in [1.82, 2.24) is 0 Å². The summed E-state index contributed by atoms with van der Waals surface area (Å²) in [5.41, 5.74) is 0.832. The monoisotopic (exact) mass is 453 g/mol. The lowest BCUT2D eigenvalue weighted by Crippen LogP contribution is -2.11. The van der Waals surface area contributed by atoms with E-state index in [1.807, 2.05) is 24.3 Å². The Morgan fingerprint density at radius 1 is 0.933 bits per heavy atom. The summed E-state index contributed by atoms with van der Waals surface area (Å²) >= 11 is 3.69. The number of carboxylic acid groups (broad SMARTS) is 1. The highest BCUT2D eigenvalue weighted by Crippen LogP contribution is 2.28. The molecule has 0 aromatic heterocycles. The van der Waals surface area contributed by atoms with Crippen LogP contribution < -0.4 is 5.32 Å². The van der Waals surface area contributed by atoms with Gasteiger partial charge in [-0.1, -0.05) is 58.1 Å². The van der Waals surface area contributed by atoms with Crippen molar-refractivity contribution in [2.75, 3.05) is 16.8 Å². The first-order valence-corrected chi connectivity index (χ1v) is 13.4. The molecule has 0 heterocycles. The van der Waals surface area contributed by atoms with Crippen molar-refractivity contribution >= 4 is 41.1 Å². The molecule has 1 unspecified atom stereocenters. The van der Waals surface area contributed by atoms with Gasteiger partial charge in [0.15, 0.2) is 0 Å². The second-order valence-corrected chi connectivity index (χ2v) is 10.4. The third-order valence-electron chi connectivity index (χ3n) is 4.98. The molecule has 1 rings (SSSR count). The SMILES string of the molecule is CCC(C)SCCCCCCCCCC(=O)Nc1ccccc1SCCCC(=O)O. The van der Waals surface area contributed by atoms with E-state index in [1.165, 1.54) is 44.3 Å². The van der Waals surface area contributed by atoms with Gasteiger partial charge in [-0.3, -0.25) is 9.59 Å². The Morgan fingerprint density at radius 2 is 1.60 bits per heavy atom. The third kappa shape index (κ3) is 14.0. The second-order valence-electron chi connectivity index (χ2n) is 7.70. The number of aliphatic carboxylic acids is 1. The molecule has 4 nitrogen and oxygen atoms in total. The van der Waals surface area contributed by atoms with Gasteiger partial charge in [0.25, 0.3) is 0 Å². The summed E-state index contributed by atoms with van der Waals surface area (Å²) in [7, 11) is 0. The number of unbranched alkanes of at least 4 members (excludes halogenated alkanes) is 6. The molecule has 1 aromatic rings. The van der Waals surface area contributed by atoms with E-state index in [-0.39, 0.29) is 12.3 Å². The number of hydrogen-bond acceptors (Lipinski definition) is 4. The summed E-state index contributed by atoms with van der Waals surface area (Å²) in [5.74, 6) is 1.32. The molecule has 0 radical (unpaired) electrons. The molecule has 0 saturated heterocycles. The number of carboxylic acids is 1. The maximum atomic E-state index is 12.3. The van der Waals surface area contributed by atoms with Crippen LogP contribution in [-0.4, -0.2) is 33.7 Å². The quantitative estimate of drug-likeness (QED) is 0.181. The Hall–Kier alpha value is -1.14. The Labute approximate surface area is 191 Å². The van der Waals surface area contributed by atoms with Gasteiger partial charge in [-0.15, -0.1) is 11.8 Å². The molecule has 0 spiro atoms. The Kier molecular flexibility index (Phi) is 15.7. The predicted molar refractivity (Wildman–Crippen MR) is 132 cm³/mol. The average molecular weight is 454 g/mol. The van der Waals surface area contributed by atoms with Crippen LogP contribution in [0.15, 0.2) is 29.2 Å². The summed E-state index contributed by atoms with van der Waals surface area (Å²) in [5, 5.41) is 12.5. The number of amides is 1. The van der Waals surface area contributed by atoms with Gasteiger partial charge in [-0.05, 0) is 49.3 Å². The number of hydrogen-bond donors (Lipinski definition) is 2. The smallest absolute Gasteiger partial charge is 0.303 e. The van der Waals surface area contributed by atoms with Crippen molar-refractivity contribution in [2.45, 2.75) is 94.6 Å². The van der Waals surface area contributed by atoms with Crippen LogP contribution in [0.4, 0.5) is 5.69 Å². The van der Waals surface area contributed by atoms with Crippen LogP contribution in [0.5, 0.6) is 0 Å². The highest BCUT2D eigenvalue weighted by molar-refractivity contribution is 7.99. The van der Waals surface area contributed by atoms with Crippen molar-refractivity contribution in [1.29, 1.82) is 0 Å². The van der Waals surface area contributed by atoms with Gasteiger partial charge in [-0.25, -0.2) is 0 Å². The van der Waals surface area contributed by atoms with E-state index >= 15 is 0 Å². The fourth-order valence-corrected chi connectivity index (χ4v) is 4.95. The zero-order valence-electron chi connectivity index (χ0n) is 18.7. The molecule has 0 aliphatic rings. The maximum absolute atomic E-state index is 12.3. The molecule has 1 amide bonds. The summed E-state index contributed by atoms with van der Waals surface area (Å²) in [4.78, 5) is 23.9. The highest BCUT2D eigenvalue weighted by atomic mass is 32.2. The molecule has 0 aliphatic heterocycles. The Bertz CT molecular complexity index is 610. The third-order valence-corrected chi connectivity index (χ3v) is 7.57. The van der Waals surface area contributed by atoms with E-state index in [4.69, 9.17) is 5.11 Å². The fourth-order valence-electron chi connectivity index (χ4n) is 2.99. The Balaban J connectivity index is 2.11. The zero-order valence-corrected chi connectivity index (χ0v) is 20.3. The molecule has 170 valence electrons. The van der Waals surface area contributed by atoms with Crippen molar-refractivity contribution in [3.05, 3.63) is 24.3 Å². The van der Waals surface area contributed by atoms with E-state index in [0.29, 0.717) is 12.8 Å². The van der Waals surface area contributed by atoms with Crippen LogP contribution in [0.3, 0.4) is 0 Å². The number of thioether (sulfide) groups is 2. The van der Waals surface area contributed by atoms with E-state index in [1.54, 1.807) is 11.8 Å². The summed E-state index contributed by atoms with van der Waals surface area (Å²) in [6, 6.07) is 7.75. The minimum Gasteiger partial charge on any atom is -0.481 e. The molecule has 0 bridgehead atoms. The molecular formula is C24H39NO3S2. The van der Waals surface area contributed by atoms with Crippen LogP contribution in [0, 0.1) is 0 Å². The number of rotatable bonds is 18. The topological polar surface area (TPSA) is 66.4 Å². The van der Waals surface area contributed by atoms with Crippen LogP contribution in [0.1, 0.15) is 84.5 Å². The van der Waals surface area contributed by atoms with Crippen molar-refractivity contribution in [3.63, 3.8) is 0 Å². The average Bonchev–Trinajstić information content (AvgIpc) is 2.73. The van der Waals surface area contributed by atoms with Gasteiger partial charge < -0.3 is 10.4 Å². The standard InChI is InChI=1S/C24H39NO3S2/c1-3-20(2)29-18-12-8-6-4-5-7-9-16-23(26)25-21-14-10-11-15-22(21)30-19-13-17-24(27)28/h10-11,14-15,20H,3-9,12-13,16-19H2,1-2H3,(H,25,26)(H,27,28). The molecule has 1 aromatic carbocycles. The molecule has 6 heteroatoms. The molecule has 2 N–H and O–H groups in total. The van der Waals surface area contributed by atoms with E-state index in [9.17, 15) is 9.59 Å². The van der Waals surface area contributed by atoms with E-state index < -0.39 is 5.97 Å². The molecule has 30 heavy (non-hydrogen) atoms. The summed E-state index contributed by atoms with van der Waals surface area (Å²) in [6.07, 6.45) is 11.1. The molecule has 0 aliphatic carbocycles. The lowest BCUT2D eigenvalue weighted by atomic mass is 10.1. The first-order chi connectivity index (χ1) is 14.5. The first-order valence-electron chi connectivity index (χ1n) is 11.4. The van der Waals surface area contributed by atoms with E-state index in [0.717, 1.165) is 34.4 Å². The van der Waals surface area contributed by atoms with Crippen molar-refractivity contribution < 1.29 is 14.7 Å². The molecule has 1 atom stereocenters. The van der Waals surface area contributed by atoms with Gasteiger partial charge in [0.2, 0.25) is 5.91 Å². The minimum atomic E-state index is -0.766. The largest absolute Gasteiger partial charge is 0.481 e. The highest BCUT2D eigenvalue weighted by Gasteiger charge is 2.07. The molecule has 0 fully saturated rings. The number of carbonyl (C=O) groups excluding carboxylic acids is 1. The summed E-state index contributed by atoms with van der Waals surface area (Å²) in [6.45, 7) is 4.56. The van der Waals surface area contributed by atoms with Crippen LogP contribution in [0.25, 0.3) is 0 Å². The number of benzene rings is 1. The number of nitrogens with one attached hydrogen (secondary N) is 1. The lowest BCUT2D eigenvalue weighted by Gasteiger charge is -2.10. The predicted octanol–water partition coefficient (Wildman–Crippen LogP) is 7.23. The van der Waals surface area contributed by atoms with Gasteiger partial charge in [0, 0.05) is 23.0 Å². The van der Waals surface area contributed by atoms with Crippen molar-refractivity contribution in [2.24, 2.45) is 0 Å². The zero-order chi connectivity index (χ0) is 22.0. The van der Waals surface area contributed by atoms with Crippen molar-refractivity contribution in [3.8, 4) is 0 Å². The normalized spacial score (nSPS) is 11.9. The van der Waals surface area contributed by atoms with Gasteiger partial charge in [-0.2, -0.15) is 11.8 Å². The first kappa shape index (κ1) is 26.9. The number of carbonyl (C=O) groups is 2. The fraction of sp³-hybridized carbons (Fsp3) is 0.667. The van der Waals surface area contributed by atoms with Gasteiger partial charge in [0.05, 0.1) is 5.69 Å². The van der Waals surface area contributed by atoms with Crippen LogP contribution in [-0.2, 0) is 9.59 Å². The van der Waals surface area contributed by atoms with Crippen LogP contribution >= 0.6 is 23.5 Å². The number of para-hydroxylation sites is 1. The van der Waals surface area contributed by atoms with Crippen LogP contribution in [0.2, 0.25) is 0 Å². The lowest BCUT2D eigenvalue weighted by molar-refractivity contribution is -0.137. The minimum absolute atomic E-state index is 0.0654. The number of anilines is 1. The van der Waals surface area contributed by atoms with E-state index in [2.05, 4.69) is 30.9 Å². The molecule has 0 saturated carbocycles. The van der Waals surface area contributed by atoms with Gasteiger partial charge >= 0.3 is 5.97 Å². The maximum Gasteiger partial charge on any atom is 0.303 e. The second kappa shape index (κ2) is 17.5.